The first kappa shape index (κ1) is 13.1. The summed E-state index contributed by atoms with van der Waals surface area (Å²) in [7, 11) is 0. The van der Waals surface area contributed by atoms with Crippen molar-refractivity contribution in [3.05, 3.63) is 66.6 Å². The van der Waals surface area contributed by atoms with Crippen LogP contribution in [0.4, 0.5) is 21.7 Å². The van der Waals surface area contributed by atoms with Crippen LogP contribution in [0.15, 0.2) is 59.5 Å². The third-order valence-electron chi connectivity index (χ3n) is 2.81. The fourth-order valence-corrected chi connectivity index (χ4v) is 1.79. The van der Waals surface area contributed by atoms with Crippen LogP contribution in [-0.4, -0.2) is 9.97 Å². The molecule has 0 amide bonds. The first-order valence-electron chi connectivity index (χ1n) is 6.40. The van der Waals surface area contributed by atoms with Crippen LogP contribution in [0.2, 0.25) is 0 Å². The molecule has 2 aromatic heterocycles. The van der Waals surface area contributed by atoms with Crippen molar-refractivity contribution in [2.45, 2.75) is 6.54 Å². The molecule has 5 nitrogen and oxygen atoms in total. The van der Waals surface area contributed by atoms with Gasteiger partial charge in [0.15, 0.2) is 0 Å². The van der Waals surface area contributed by atoms with Gasteiger partial charge in [-0.1, -0.05) is 0 Å². The maximum Gasteiger partial charge on any atom is 0.135 e. The molecule has 106 valence electrons. The Kier molecular flexibility index (Phi) is 3.77. The molecule has 0 radical (unpaired) electrons. The highest BCUT2D eigenvalue weighted by Gasteiger charge is 2.01. The molecular weight excluding hydrogens is 271 g/mol. The molecule has 2 heterocycles. The van der Waals surface area contributed by atoms with Gasteiger partial charge in [0.2, 0.25) is 0 Å². The second-order valence-electron chi connectivity index (χ2n) is 4.35. The van der Waals surface area contributed by atoms with Crippen molar-refractivity contribution in [3.63, 3.8) is 0 Å². The number of halogens is 1. The minimum atomic E-state index is -0.274. The Balaban J connectivity index is 1.66. The van der Waals surface area contributed by atoms with E-state index in [1.807, 2.05) is 12.1 Å². The standard InChI is InChI=1S/C15H13FN4O/c16-11-3-5-12(6-4-11)20-15-8-14(18-10-19-15)17-9-13-2-1-7-21-13/h1-8,10H,9H2,(H2,17,18,19,20). The largest absolute Gasteiger partial charge is 0.467 e. The molecule has 1 aromatic carbocycles. The third kappa shape index (κ3) is 3.56. The van der Waals surface area contributed by atoms with E-state index in [4.69, 9.17) is 4.42 Å². The van der Waals surface area contributed by atoms with Gasteiger partial charge in [0, 0.05) is 11.8 Å². The molecule has 3 rings (SSSR count). The lowest BCUT2D eigenvalue weighted by Gasteiger charge is -2.07. The van der Waals surface area contributed by atoms with Crippen LogP contribution in [-0.2, 0) is 6.54 Å². The van der Waals surface area contributed by atoms with Crippen molar-refractivity contribution in [3.8, 4) is 0 Å². The number of hydrogen-bond donors (Lipinski definition) is 2. The summed E-state index contributed by atoms with van der Waals surface area (Å²) in [6.07, 6.45) is 3.08. The quantitative estimate of drug-likeness (QED) is 0.750. The summed E-state index contributed by atoms with van der Waals surface area (Å²) in [5, 5.41) is 6.22. The summed E-state index contributed by atoms with van der Waals surface area (Å²) < 4.78 is 18.1. The number of furan rings is 1. The van der Waals surface area contributed by atoms with E-state index in [0.717, 1.165) is 11.4 Å². The molecule has 0 spiro atoms. The van der Waals surface area contributed by atoms with E-state index >= 15 is 0 Å². The minimum Gasteiger partial charge on any atom is -0.467 e. The number of anilines is 3. The second kappa shape index (κ2) is 6.04. The van der Waals surface area contributed by atoms with Crippen molar-refractivity contribution in [1.29, 1.82) is 0 Å². The van der Waals surface area contributed by atoms with Gasteiger partial charge in [0.05, 0.1) is 12.8 Å². The van der Waals surface area contributed by atoms with E-state index < -0.39 is 0 Å². The van der Waals surface area contributed by atoms with Gasteiger partial charge >= 0.3 is 0 Å². The Morgan fingerprint density at radius 1 is 1.05 bits per heavy atom. The van der Waals surface area contributed by atoms with Crippen LogP contribution in [0.5, 0.6) is 0 Å². The van der Waals surface area contributed by atoms with Crippen LogP contribution in [0.25, 0.3) is 0 Å². The Morgan fingerprint density at radius 2 is 1.86 bits per heavy atom. The van der Waals surface area contributed by atoms with Gasteiger partial charge in [-0.15, -0.1) is 0 Å². The zero-order valence-electron chi connectivity index (χ0n) is 11.1. The SMILES string of the molecule is Fc1ccc(Nc2cc(NCc3ccco3)ncn2)cc1. The monoisotopic (exact) mass is 284 g/mol. The Hall–Kier alpha value is -2.89. The summed E-state index contributed by atoms with van der Waals surface area (Å²) in [6, 6.07) is 11.6. The first-order valence-corrected chi connectivity index (χ1v) is 6.40. The number of benzene rings is 1. The van der Waals surface area contributed by atoms with E-state index in [1.165, 1.54) is 18.5 Å². The van der Waals surface area contributed by atoms with E-state index in [1.54, 1.807) is 24.5 Å². The van der Waals surface area contributed by atoms with Crippen molar-refractivity contribution in [1.82, 2.24) is 9.97 Å². The topological polar surface area (TPSA) is 63.0 Å². The first-order chi connectivity index (χ1) is 10.3. The van der Waals surface area contributed by atoms with Crippen LogP contribution in [0.3, 0.4) is 0 Å². The summed E-state index contributed by atoms with van der Waals surface area (Å²) in [4.78, 5) is 8.25. The van der Waals surface area contributed by atoms with Gasteiger partial charge in [-0.25, -0.2) is 14.4 Å². The highest BCUT2D eigenvalue weighted by molar-refractivity contribution is 5.58. The van der Waals surface area contributed by atoms with E-state index in [0.29, 0.717) is 18.2 Å². The predicted octanol–water partition coefficient (Wildman–Crippen LogP) is 3.56. The van der Waals surface area contributed by atoms with Gasteiger partial charge in [0.25, 0.3) is 0 Å². The Bertz CT molecular complexity index is 698. The molecule has 0 atom stereocenters. The van der Waals surface area contributed by atoms with E-state index in [-0.39, 0.29) is 5.82 Å². The Labute approximate surface area is 120 Å². The van der Waals surface area contributed by atoms with Crippen LogP contribution in [0, 0.1) is 5.82 Å². The fourth-order valence-electron chi connectivity index (χ4n) is 1.79. The van der Waals surface area contributed by atoms with Gasteiger partial charge < -0.3 is 15.1 Å². The van der Waals surface area contributed by atoms with E-state index in [2.05, 4.69) is 20.6 Å². The molecule has 0 unspecified atom stereocenters. The van der Waals surface area contributed by atoms with Crippen LogP contribution >= 0.6 is 0 Å². The molecule has 0 saturated heterocycles. The highest BCUT2D eigenvalue weighted by atomic mass is 19.1. The van der Waals surface area contributed by atoms with Gasteiger partial charge in [0.1, 0.15) is 29.5 Å². The number of hydrogen-bond acceptors (Lipinski definition) is 5. The third-order valence-corrected chi connectivity index (χ3v) is 2.81. The van der Waals surface area contributed by atoms with Crippen LogP contribution < -0.4 is 10.6 Å². The van der Waals surface area contributed by atoms with Crippen molar-refractivity contribution < 1.29 is 8.81 Å². The molecule has 0 aliphatic carbocycles. The fraction of sp³-hybridized carbons (Fsp3) is 0.0667. The normalized spacial score (nSPS) is 10.3. The Morgan fingerprint density at radius 3 is 2.62 bits per heavy atom. The second-order valence-corrected chi connectivity index (χ2v) is 4.35. The van der Waals surface area contributed by atoms with Gasteiger partial charge in [-0.3, -0.25) is 0 Å². The average molecular weight is 284 g/mol. The molecule has 3 aromatic rings. The molecule has 21 heavy (non-hydrogen) atoms. The number of rotatable bonds is 5. The molecule has 0 fully saturated rings. The number of aromatic nitrogens is 2. The van der Waals surface area contributed by atoms with Crippen molar-refractivity contribution in [2.75, 3.05) is 10.6 Å². The lowest BCUT2D eigenvalue weighted by Crippen LogP contribution is -2.02. The number of nitrogens with one attached hydrogen (secondary N) is 2. The lowest BCUT2D eigenvalue weighted by atomic mass is 10.3. The average Bonchev–Trinajstić information content (AvgIpc) is 3.01. The maximum absolute atomic E-state index is 12.9. The molecule has 0 saturated carbocycles. The van der Waals surface area contributed by atoms with Crippen molar-refractivity contribution >= 4 is 17.3 Å². The molecule has 0 aliphatic heterocycles. The lowest BCUT2D eigenvalue weighted by molar-refractivity contribution is 0.518. The maximum atomic E-state index is 12.9. The highest BCUT2D eigenvalue weighted by Crippen LogP contribution is 2.17. The summed E-state index contributed by atoms with van der Waals surface area (Å²) in [6.45, 7) is 0.542. The summed E-state index contributed by atoms with van der Waals surface area (Å²) >= 11 is 0. The van der Waals surface area contributed by atoms with E-state index in [9.17, 15) is 4.39 Å². The van der Waals surface area contributed by atoms with Gasteiger partial charge in [-0.2, -0.15) is 0 Å². The number of nitrogens with zero attached hydrogens (tertiary/aromatic N) is 2. The summed E-state index contributed by atoms with van der Waals surface area (Å²) in [5.41, 5.74) is 0.757. The molecular formula is C15H13FN4O. The molecule has 0 bridgehead atoms. The smallest absolute Gasteiger partial charge is 0.135 e. The van der Waals surface area contributed by atoms with Gasteiger partial charge in [-0.05, 0) is 36.4 Å². The predicted molar refractivity (Wildman–Crippen MR) is 77.7 cm³/mol. The minimum absolute atomic E-state index is 0.274. The summed E-state index contributed by atoms with van der Waals surface area (Å²) in [5.74, 6) is 1.84. The van der Waals surface area contributed by atoms with Crippen LogP contribution in [0.1, 0.15) is 5.76 Å². The zero-order valence-corrected chi connectivity index (χ0v) is 11.1. The zero-order chi connectivity index (χ0) is 14.5. The van der Waals surface area contributed by atoms with Crippen molar-refractivity contribution in [2.24, 2.45) is 0 Å². The molecule has 6 heteroatoms. The molecule has 2 N–H and O–H groups in total. The molecule has 0 aliphatic rings.